The molecule has 0 aliphatic rings. The molecule has 98 valence electrons. The Morgan fingerprint density at radius 2 is 2.18 bits per heavy atom. The van der Waals surface area contributed by atoms with E-state index in [-0.39, 0.29) is 0 Å². The Hall–Kier alpha value is -0.990. The normalized spacial score (nSPS) is 14.2. The van der Waals surface area contributed by atoms with Crippen LogP contribution < -0.4 is 4.72 Å². The summed E-state index contributed by atoms with van der Waals surface area (Å²) in [6, 6.07) is -0.406. The highest BCUT2D eigenvalue weighted by Gasteiger charge is 2.21. The molecule has 1 aromatic rings. The highest BCUT2D eigenvalue weighted by molar-refractivity contribution is 7.87. The first-order valence-electron chi connectivity index (χ1n) is 5.46. The van der Waals surface area contributed by atoms with Crippen molar-refractivity contribution in [1.29, 1.82) is 0 Å². The minimum atomic E-state index is -3.45. The number of aryl methyl sites for hydroxylation is 1. The average Bonchev–Trinajstić information content (AvgIpc) is 2.65. The summed E-state index contributed by atoms with van der Waals surface area (Å²) in [5.74, 6) is 0.622. The van der Waals surface area contributed by atoms with E-state index in [1.54, 1.807) is 11.6 Å². The van der Waals surface area contributed by atoms with Gasteiger partial charge in [0.2, 0.25) is 0 Å². The van der Waals surface area contributed by atoms with Crippen molar-refractivity contribution in [3.05, 3.63) is 12.2 Å². The molecule has 7 nitrogen and oxygen atoms in total. The second kappa shape index (κ2) is 5.56. The van der Waals surface area contributed by atoms with Crippen molar-refractivity contribution in [3.63, 3.8) is 0 Å². The second-order valence-electron chi connectivity index (χ2n) is 3.97. The Morgan fingerprint density at radius 1 is 1.53 bits per heavy atom. The zero-order chi connectivity index (χ0) is 13.1. The molecule has 0 saturated carbocycles. The van der Waals surface area contributed by atoms with Crippen LogP contribution in [0.4, 0.5) is 0 Å². The molecule has 8 heteroatoms. The third-order valence-corrected chi connectivity index (χ3v) is 3.89. The van der Waals surface area contributed by atoms with Crippen molar-refractivity contribution in [2.45, 2.75) is 32.9 Å². The Kier molecular flexibility index (Phi) is 4.61. The molecule has 0 aromatic carbocycles. The fraction of sp³-hybridized carbons (Fsp3) is 0.778. The Morgan fingerprint density at radius 3 is 2.71 bits per heavy atom. The SMILES string of the molecule is CCCn1ncnc1C(C)NS(=O)(=O)N(C)C. The van der Waals surface area contributed by atoms with Gasteiger partial charge in [-0.25, -0.2) is 9.67 Å². The largest absolute Gasteiger partial charge is 0.279 e. The molecule has 0 aliphatic heterocycles. The van der Waals surface area contributed by atoms with Gasteiger partial charge in [-0.3, -0.25) is 0 Å². The average molecular weight is 261 g/mol. The summed E-state index contributed by atoms with van der Waals surface area (Å²) in [7, 11) is -0.497. The molecule has 1 aromatic heterocycles. The Bertz CT molecular complexity index is 454. The van der Waals surface area contributed by atoms with E-state index in [1.807, 2.05) is 6.92 Å². The lowest BCUT2D eigenvalue weighted by Gasteiger charge is -2.17. The van der Waals surface area contributed by atoms with Gasteiger partial charge in [-0.15, -0.1) is 0 Å². The lowest BCUT2D eigenvalue weighted by Crippen LogP contribution is -2.38. The third kappa shape index (κ3) is 3.48. The fourth-order valence-electron chi connectivity index (χ4n) is 1.37. The number of nitrogens with zero attached hydrogens (tertiary/aromatic N) is 4. The standard InChI is InChI=1S/C9H19N5O2S/c1-5-6-14-9(10-7-11-14)8(2)12-17(15,16)13(3)4/h7-8,12H,5-6H2,1-4H3. The predicted molar refractivity (Wildman–Crippen MR) is 64.5 cm³/mol. The van der Waals surface area contributed by atoms with Crippen LogP contribution in [0.15, 0.2) is 6.33 Å². The quantitative estimate of drug-likeness (QED) is 0.790. The van der Waals surface area contributed by atoms with Crippen LogP contribution in [-0.2, 0) is 16.8 Å². The van der Waals surface area contributed by atoms with Gasteiger partial charge in [0.15, 0.2) is 0 Å². The summed E-state index contributed by atoms with van der Waals surface area (Å²) in [4.78, 5) is 4.08. The number of nitrogens with one attached hydrogen (secondary N) is 1. The first-order chi connectivity index (χ1) is 7.88. The van der Waals surface area contributed by atoms with Gasteiger partial charge in [-0.2, -0.15) is 22.5 Å². The van der Waals surface area contributed by atoms with Crippen molar-refractivity contribution in [2.24, 2.45) is 0 Å². The molecule has 1 atom stereocenters. The molecule has 0 aliphatic carbocycles. The maximum Gasteiger partial charge on any atom is 0.279 e. The molecule has 1 N–H and O–H groups in total. The summed E-state index contributed by atoms with van der Waals surface area (Å²) in [6.07, 6.45) is 2.36. The summed E-state index contributed by atoms with van der Waals surface area (Å²) in [5, 5.41) is 4.06. The first-order valence-corrected chi connectivity index (χ1v) is 6.90. The highest BCUT2D eigenvalue weighted by atomic mass is 32.2. The fourth-order valence-corrected chi connectivity index (χ4v) is 2.14. The maximum absolute atomic E-state index is 11.7. The van der Waals surface area contributed by atoms with Crippen molar-refractivity contribution in [2.75, 3.05) is 14.1 Å². The van der Waals surface area contributed by atoms with Crippen LogP contribution >= 0.6 is 0 Å². The number of aromatic nitrogens is 3. The van der Waals surface area contributed by atoms with E-state index in [9.17, 15) is 8.42 Å². The van der Waals surface area contributed by atoms with E-state index in [0.29, 0.717) is 5.82 Å². The van der Waals surface area contributed by atoms with Crippen LogP contribution in [-0.4, -0.2) is 41.6 Å². The van der Waals surface area contributed by atoms with Gasteiger partial charge in [-0.05, 0) is 13.3 Å². The zero-order valence-corrected chi connectivity index (χ0v) is 11.4. The van der Waals surface area contributed by atoms with Crippen molar-refractivity contribution in [1.82, 2.24) is 23.8 Å². The van der Waals surface area contributed by atoms with E-state index in [4.69, 9.17) is 0 Å². The molecule has 0 bridgehead atoms. The van der Waals surface area contributed by atoms with Crippen LogP contribution in [0.2, 0.25) is 0 Å². The Labute approximate surface area is 102 Å². The van der Waals surface area contributed by atoms with Gasteiger partial charge in [0.1, 0.15) is 12.2 Å². The maximum atomic E-state index is 11.7. The van der Waals surface area contributed by atoms with E-state index in [2.05, 4.69) is 14.8 Å². The smallest absolute Gasteiger partial charge is 0.249 e. The van der Waals surface area contributed by atoms with Gasteiger partial charge < -0.3 is 0 Å². The van der Waals surface area contributed by atoms with Crippen LogP contribution in [0.1, 0.15) is 32.1 Å². The van der Waals surface area contributed by atoms with Crippen LogP contribution in [0.25, 0.3) is 0 Å². The summed E-state index contributed by atoms with van der Waals surface area (Å²) < 4.78 is 28.7. The second-order valence-corrected chi connectivity index (χ2v) is 5.88. The van der Waals surface area contributed by atoms with Gasteiger partial charge in [0.05, 0.1) is 6.04 Å². The minimum Gasteiger partial charge on any atom is -0.249 e. The first kappa shape index (κ1) is 14.1. The summed E-state index contributed by atoms with van der Waals surface area (Å²) >= 11 is 0. The lowest BCUT2D eigenvalue weighted by atomic mass is 10.3. The molecule has 0 amide bonds. The van der Waals surface area contributed by atoms with Gasteiger partial charge >= 0.3 is 0 Å². The van der Waals surface area contributed by atoms with Gasteiger partial charge in [-0.1, -0.05) is 6.92 Å². The summed E-state index contributed by atoms with van der Waals surface area (Å²) in [6.45, 7) is 4.50. The molecule has 0 fully saturated rings. The summed E-state index contributed by atoms with van der Waals surface area (Å²) in [5.41, 5.74) is 0. The Balaban J connectivity index is 2.83. The molecular formula is C9H19N5O2S. The van der Waals surface area contributed by atoms with Gasteiger partial charge in [0, 0.05) is 20.6 Å². The molecule has 1 unspecified atom stereocenters. The minimum absolute atomic E-state index is 0.406. The molecule has 1 heterocycles. The van der Waals surface area contributed by atoms with E-state index in [1.165, 1.54) is 20.4 Å². The number of hydrogen-bond donors (Lipinski definition) is 1. The molecule has 0 spiro atoms. The van der Waals surface area contributed by atoms with E-state index < -0.39 is 16.3 Å². The topological polar surface area (TPSA) is 80.1 Å². The molecule has 1 rings (SSSR count). The zero-order valence-electron chi connectivity index (χ0n) is 10.6. The van der Waals surface area contributed by atoms with Crippen LogP contribution in [0.5, 0.6) is 0 Å². The van der Waals surface area contributed by atoms with E-state index >= 15 is 0 Å². The monoisotopic (exact) mass is 261 g/mol. The molecule has 0 radical (unpaired) electrons. The van der Waals surface area contributed by atoms with Crippen molar-refractivity contribution < 1.29 is 8.42 Å². The highest BCUT2D eigenvalue weighted by Crippen LogP contribution is 2.10. The molecule has 0 saturated heterocycles. The van der Waals surface area contributed by atoms with Gasteiger partial charge in [0.25, 0.3) is 10.2 Å². The van der Waals surface area contributed by atoms with Crippen LogP contribution in [0, 0.1) is 0 Å². The number of rotatable bonds is 6. The van der Waals surface area contributed by atoms with E-state index in [0.717, 1.165) is 17.3 Å². The molecular weight excluding hydrogens is 242 g/mol. The number of hydrogen-bond acceptors (Lipinski definition) is 4. The predicted octanol–water partition coefficient (Wildman–Crippen LogP) is 0.145. The third-order valence-electron chi connectivity index (χ3n) is 2.27. The van der Waals surface area contributed by atoms with Crippen LogP contribution in [0.3, 0.4) is 0 Å². The van der Waals surface area contributed by atoms with Crippen molar-refractivity contribution in [3.8, 4) is 0 Å². The van der Waals surface area contributed by atoms with Crippen molar-refractivity contribution >= 4 is 10.2 Å². The molecule has 17 heavy (non-hydrogen) atoms. The lowest BCUT2D eigenvalue weighted by molar-refractivity contribution is 0.477.